The van der Waals surface area contributed by atoms with E-state index in [1.165, 1.54) is 38.5 Å². The molecule has 1 N–H and O–H groups in total. The van der Waals surface area contributed by atoms with E-state index in [4.69, 9.17) is 0 Å². The Kier molecular flexibility index (Phi) is 2.94. The lowest BCUT2D eigenvalue weighted by Crippen LogP contribution is -2.45. The lowest BCUT2D eigenvalue weighted by molar-refractivity contribution is -0.0457. The van der Waals surface area contributed by atoms with Crippen LogP contribution in [-0.2, 0) is 0 Å². The van der Waals surface area contributed by atoms with E-state index in [2.05, 4.69) is 0 Å². The maximum atomic E-state index is 9.89. The Labute approximate surface area is 111 Å². The molecule has 7 atom stereocenters. The van der Waals surface area contributed by atoms with Gasteiger partial charge in [0.25, 0.3) is 0 Å². The molecule has 18 heavy (non-hydrogen) atoms. The summed E-state index contributed by atoms with van der Waals surface area (Å²) in [5, 5.41) is 9.89. The van der Waals surface area contributed by atoms with Gasteiger partial charge in [-0.1, -0.05) is 12.8 Å². The van der Waals surface area contributed by atoms with E-state index >= 15 is 0 Å². The maximum absolute atomic E-state index is 9.89. The van der Waals surface area contributed by atoms with E-state index in [0.29, 0.717) is 0 Å². The first-order valence-corrected chi connectivity index (χ1v) is 8.51. The van der Waals surface area contributed by atoms with Gasteiger partial charge in [0.05, 0.1) is 6.10 Å². The zero-order chi connectivity index (χ0) is 12.1. The van der Waals surface area contributed by atoms with Crippen LogP contribution in [0.2, 0.25) is 0 Å². The minimum atomic E-state index is 0.0330. The Morgan fingerprint density at radius 3 is 2.06 bits per heavy atom. The zero-order valence-corrected chi connectivity index (χ0v) is 11.6. The van der Waals surface area contributed by atoms with Crippen LogP contribution in [0.1, 0.15) is 64.2 Å². The van der Waals surface area contributed by atoms with E-state index < -0.39 is 0 Å². The summed E-state index contributed by atoms with van der Waals surface area (Å²) in [5.74, 6) is 6.23. The monoisotopic (exact) mass is 248 g/mol. The van der Waals surface area contributed by atoms with Gasteiger partial charge in [-0.05, 0) is 86.9 Å². The van der Waals surface area contributed by atoms with E-state index in [1.54, 1.807) is 12.8 Å². The van der Waals surface area contributed by atoms with Gasteiger partial charge in [-0.3, -0.25) is 0 Å². The van der Waals surface area contributed by atoms with Gasteiger partial charge in [-0.2, -0.15) is 0 Å². The first-order chi connectivity index (χ1) is 8.83. The summed E-state index contributed by atoms with van der Waals surface area (Å²) >= 11 is 0. The number of hydrogen-bond acceptors (Lipinski definition) is 1. The van der Waals surface area contributed by atoms with Crippen LogP contribution in [0.3, 0.4) is 0 Å². The molecule has 0 aromatic carbocycles. The van der Waals surface area contributed by atoms with Crippen molar-refractivity contribution in [1.29, 1.82) is 0 Å². The molecule has 0 heterocycles. The Balaban J connectivity index is 1.53. The van der Waals surface area contributed by atoms with Gasteiger partial charge in [0.1, 0.15) is 0 Å². The standard InChI is InChI=1S/C17H28O/c18-13-6-9-15-12(10-13)5-8-16-14-3-1-2-11(14)4-7-17(15)16/h11-18H,1-10H2/t11?,12-,13+,14?,15?,16?,17?/m1/s1. The molecular weight excluding hydrogens is 220 g/mol. The first-order valence-electron chi connectivity index (χ1n) is 8.51. The Bertz CT molecular complexity index is 313. The lowest BCUT2D eigenvalue weighted by atomic mass is 9.53. The number of fused-ring (bicyclic) bond motifs is 5. The van der Waals surface area contributed by atoms with Gasteiger partial charge in [0.2, 0.25) is 0 Å². The molecule has 0 amide bonds. The number of rotatable bonds is 0. The third kappa shape index (κ3) is 1.77. The van der Waals surface area contributed by atoms with E-state index in [-0.39, 0.29) is 6.10 Å². The average Bonchev–Trinajstić information content (AvgIpc) is 2.86. The smallest absolute Gasteiger partial charge is 0.0543 e. The van der Waals surface area contributed by atoms with Crippen LogP contribution in [-0.4, -0.2) is 11.2 Å². The summed E-state index contributed by atoms with van der Waals surface area (Å²) in [6, 6.07) is 0. The molecule has 0 aromatic heterocycles. The molecule has 4 rings (SSSR count). The molecule has 0 spiro atoms. The lowest BCUT2D eigenvalue weighted by Gasteiger charge is -2.52. The van der Waals surface area contributed by atoms with Gasteiger partial charge < -0.3 is 5.11 Å². The Morgan fingerprint density at radius 1 is 0.556 bits per heavy atom. The van der Waals surface area contributed by atoms with Crippen LogP contribution < -0.4 is 0 Å². The zero-order valence-electron chi connectivity index (χ0n) is 11.6. The van der Waals surface area contributed by atoms with Crippen molar-refractivity contribution in [2.45, 2.75) is 70.3 Å². The van der Waals surface area contributed by atoms with Gasteiger partial charge in [0, 0.05) is 0 Å². The van der Waals surface area contributed by atoms with Gasteiger partial charge >= 0.3 is 0 Å². The molecule has 0 aromatic rings. The summed E-state index contributed by atoms with van der Waals surface area (Å²) in [7, 11) is 0. The number of hydrogen-bond donors (Lipinski definition) is 1. The number of aliphatic hydroxyl groups excluding tert-OH is 1. The largest absolute Gasteiger partial charge is 0.393 e. The van der Waals surface area contributed by atoms with Crippen LogP contribution in [0.25, 0.3) is 0 Å². The SMILES string of the molecule is O[C@H]1CCC2C3CCC4CCCC4C3CC[C@@H]2C1. The highest BCUT2D eigenvalue weighted by atomic mass is 16.3. The summed E-state index contributed by atoms with van der Waals surface area (Å²) in [6.45, 7) is 0. The van der Waals surface area contributed by atoms with Gasteiger partial charge in [0.15, 0.2) is 0 Å². The van der Waals surface area contributed by atoms with Crippen LogP contribution in [0, 0.1) is 35.5 Å². The van der Waals surface area contributed by atoms with E-state index in [9.17, 15) is 5.11 Å². The van der Waals surface area contributed by atoms with Gasteiger partial charge in [-0.25, -0.2) is 0 Å². The minimum absolute atomic E-state index is 0.0330. The molecule has 4 saturated carbocycles. The van der Waals surface area contributed by atoms with Crippen molar-refractivity contribution >= 4 is 0 Å². The maximum Gasteiger partial charge on any atom is 0.0543 e. The molecule has 0 radical (unpaired) electrons. The molecule has 4 aliphatic rings. The summed E-state index contributed by atoms with van der Waals surface area (Å²) in [6.07, 6.45) is 14.2. The van der Waals surface area contributed by atoms with Crippen molar-refractivity contribution in [1.82, 2.24) is 0 Å². The second-order valence-corrected chi connectivity index (χ2v) is 7.73. The molecule has 4 aliphatic carbocycles. The second kappa shape index (κ2) is 4.51. The van der Waals surface area contributed by atoms with Crippen LogP contribution in [0.5, 0.6) is 0 Å². The minimum Gasteiger partial charge on any atom is -0.393 e. The normalized spacial score (nSPS) is 55.5. The van der Waals surface area contributed by atoms with Crippen molar-refractivity contribution in [2.24, 2.45) is 35.5 Å². The fourth-order valence-corrected chi connectivity index (χ4v) is 6.45. The summed E-state index contributed by atoms with van der Waals surface area (Å²) in [4.78, 5) is 0. The topological polar surface area (TPSA) is 20.2 Å². The third-order valence-electron chi connectivity index (χ3n) is 7.12. The average molecular weight is 248 g/mol. The molecule has 0 saturated heterocycles. The summed E-state index contributed by atoms with van der Waals surface area (Å²) < 4.78 is 0. The predicted octanol–water partition coefficient (Wildman–Crippen LogP) is 4.00. The molecule has 1 nitrogen and oxygen atoms in total. The first kappa shape index (κ1) is 11.8. The van der Waals surface area contributed by atoms with Crippen molar-refractivity contribution in [3.63, 3.8) is 0 Å². The van der Waals surface area contributed by atoms with Crippen molar-refractivity contribution in [2.75, 3.05) is 0 Å². The van der Waals surface area contributed by atoms with Crippen LogP contribution in [0.4, 0.5) is 0 Å². The van der Waals surface area contributed by atoms with E-state index in [0.717, 1.165) is 48.3 Å². The molecular formula is C17H28O. The highest BCUT2D eigenvalue weighted by molar-refractivity contribution is 4.99. The van der Waals surface area contributed by atoms with Crippen LogP contribution >= 0.6 is 0 Å². The molecule has 102 valence electrons. The molecule has 0 bridgehead atoms. The Morgan fingerprint density at radius 2 is 1.22 bits per heavy atom. The highest BCUT2D eigenvalue weighted by Gasteiger charge is 2.49. The fraction of sp³-hybridized carbons (Fsp3) is 1.00. The predicted molar refractivity (Wildman–Crippen MR) is 73.1 cm³/mol. The van der Waals surface area contributed by atoms with Gasteiger partial charge in [-0.15, -0.1) is 0 Å². The molecule has 4 fully saturated rings. The van der Waals surface area contributed by atoms with Crippen molar-refractivity contribution < 1.29 is 5.11 Å². The van der Waals surface area contributed by atoms with Crippen molar-refractivity contribution in [3.8, 4) is 0 Å². The van der Waals surface area contributed by atoms with Crippen LogP contribution in [0.15, 0.2) is 0 Å². The Hall–Kier alpha value is -0.0400. The second-order valence-electron chi connectivity index (χ2n) is 7.73. The van der Waals surface area contributed by atoms with E-state index in [1.807, 2.05) is 0 Å². The molecule has 5 unspecified atom stereocenters. The summed E-state index contributed by atoms with van der Waals surface area (Å²) in [5.41, 5.74) is 0. The van der Waals surface area contributed by atoms with Crippen molar-refractivity contribution in [3.05, 3.63) is 0 Å². The third-order valence-corrected chi connectivity index (χ3v) is 7.12. The number of aliphatic hydroxyl groups is 1. The highest BCUT2D eigenvalue weighted by Crippen LogP contribution is 2.57. The quantitative estimate of drug-likeness (QED) is 0.687. The molecule has 1 heteroatoms. The fourth-order valence-electron chi connectivity index (χ4n) is 6.45. The molecule has 0 aliphatic heterocycles.